The molecule has 0 bridgehead atoms. The Morgan fingerprint density at radius 2 is 1.80 bits per heavy atom. The fourth-order valence-corrected chi connectivity index (χ4v) is 3.62. The number of hydrogen-bond donors (Lipinski definition) is 1. The molecule has 1 saturated carbocycles. The van der Waals surface area contributed by atoms with Crippen LogP contribution in [0.1, 0.15) is 73.1 Å². The van der Waals surface area contributed by atoms with Gasteiger partial charge in [-0.05, 0) is 42.9 Å². The van der Waals surface area contributed by atoms with E-state index in [1.54, 1.807) is 0 Å². The van der Waals surface area contributed by atoms with E-state index in [2.05, 4.69) is 34.6 Å². The van der Waals surface area contributed by atoms with Crippen LogP contribution < -0.4 is 0 Å². The standard InChI is InChI=1S/C18H36O2/c1-6-15(7-2)11-16(19)12-20-18-10-14(5)8-9-17(18)13(3)4/h13-19H,6-12H2,1-5H3. The first-order chi connectivity index (χ1) is 9.47. The summed E-state index contributed by atoms with van der Waals surface area (Å²) in [5.74, 6) is 2.76. The number of aliphatic hydroxyl groups is 1. The van der Waals surface area contributed by atoms with E-state index >= 15 is 0 Å². The van der Waals surface area contributed by atoms with Gasteiger partial charge in [-0.15, -0.1) is 0 Å². The molecule has 0 aromatic rings. The second kappa shape index (κ2) is 9.04. The zero-order valence-corrected chi connectivity index (χ0v) is 14.3. The smallest absolute Gasteiger partial charge is 0.0776 e. The van der Waals surface area contributed by atoms with Crippen LogP contribution in [-0.4, -0.2) is 23.9 Å². The Labute approximate surface area is 126 Å². The number of hydrogen-bond acceptors (Lipinski definition) is 2. The Morgan fingerprint density at radius 1 is 1.15 bits per heavy atom. The molecule has 0 aromatic carbocycles. The lowest BCUT2D eigenvalue weighted by Gasteiger charge is -2.37. The SMILES string of the molecule is CCC(CC)CC(O)COC1CC(C)CCC1C(C)C. The van der Waals surface area contributed by atoms with Crippen molar-refractivity contribution in [2.75, 3.05) is 6.61 Å². The third-order valence-electron chi connectivity index (χ3n) is 5.22. The quantitative estimate of drug-likeness (QED) is 0.703. The van der Waals surface area contributed by atoms with Gasteiger partial charge in [-0.3, -0.25) is 0 Å². The minimum Gasteiger partial charge on any atom is -0.391 e. The molecule has 0 aliphatic heterocycles. The predicted molar refractivity (Wildman–Crippen MR) is 85.8 cm³/mol. The number of aliphatic hydroxyl groups excluding tert-OH is 1. The highest BCUT2D eigenvalue weighted by molar-refractivity contribution is 4.81. The average Bonchev–Trinajstić information content (AvgIpc) is 2.42. The van der Waals surface area contributed by atoms with Crippen molar-refractivity contribution in [3.05, 3.63) is 0 Å². The van der Waals surface area contributed by atoms with Gasteiger partial charge in [0, 0.05) is 0 Å². The maximum Gasteiger partial charge on any atom is 0.0776 e. The lowest BCUT2D eigenvalue weighted by atomic mass is 9.75. The van der Waals surface area contributed by atoms with Crippen LogP contribution in [0.5, 0.6) is 0 Å². The summed E-state index contributed by atoms with van der Waals surface area (Å²) in [6, 6.07) is 0. The Hall–Kier alpha value is -0.0800. The molecule has 0 heterocycles. The molecule has 1 rings (SSSR count). The van der Waals surface area contributed by atoms with Crippen molar-refractivity contribution in [3.8, 4) is 0 Å². The van der Waals surface area contributed by atoms with E-state index in [4.69, 9.17) is 4.74 Å². The minimum atomic E-state index is -0.287. The summed E-state index contributed by atoms with van der Waals surface area (Å²) in [6.45, 7) is 11.9. The van der Waals surface area contributed by atoms with Crippen molar-refractivity contribution in [2.45, 2.75) is 85.4 Å². The molecule has 4 atom stereocenters. The molecule has 0 spiro atoms. The van der Waals surface area contributed by atoms with E-state index in [0.717, 1.165) is 25.2 Å². The summed E-state index contributed by atoms with van der Waals surface area (Å²) in [5.41, 5.74) is 0. The first kappa shape index (κ1) is 18.0. The van der Waals surface area contributed by atoms with Gasteiger partial charge in [-0.25, -0.2) is 0 Å². The van der Waals surface area contributed by atoms with E-state index in [1.807, 2.05) is 0 Å². The van der Waals surface area contributed by atoms with Gasteiger partial charge in [-0.2, -0.15) is 0 Å². The molecule has 1 aliphatic carbocycles. The summed E-state index contributed by atoms with van der Waals surface area (Å²) in [6.07, 6.45) is 7.05. The van der Waals surface area contributed by atoms with Crippen LogP contribution in [0, 0.1) is 23.7 Å². The fourth-order valence-electron chi connectivity index (χ4n) is 3.62. The normalized spacial score (nSPS) is 29.1. The van der Waals surface area contributed by atoms with Gasteiger partial charge < -0.3 is 9.84 Å². The summed E-state index contributed by atoms with van der Waals surface area (Å²) >= 11 is 0. The molecule has 2 nitrogen and oxygen atoms in total. The lowest BCUT2D eigenvalue weighted by Crippen LogP contribution is -2.36. The van der Waals surface area contributed by atoms with Crippen LogP contribution in [0.3, 0.4) is 0 Å². The van der Waals surface area contributed by atoms with Crippen molar-refractivity contribution in [2.24, 2.45) is 23.7 Å². The van der Waals surface area contributed by atoms with Gasteiger partial charge in [0.1, 0.15) is 0 Å². The summed E-state index contributed by atoms with van der Waals surface area (Å²) in [7, 11) is 0. The maximum atomic E-state index is 10.2. The zero-order valence-electron chi connectivity index (χ0n) is 14.3. The fraction of sp³-hybridized carbons (Fsp3) is 1.00. The molecule has 1 fully saturated rings. The van der Waals surface area contributed by atoms with Crippen LogP contribution in [-0.2, 0) is 4.74 Å². The second-order valence-corrected chi connectivity index (χ2v) is 7.27. The Kier molecular flexibility index (Phi) is 8.13. The van der Waals surface area contributed by atoms with E-state index in [0.29, 0.717) is 30.5 Å². The molecule has 0 saturated heterocycles. The molecule has 1 N–H and O–H groups in total. The lowest BCUT2D eigenvalue weighted by molar-refractivity contribution is -0.0728. The highest BCUT2D eigenvalue weighted by atomic mass is 16.5. The molecule has 1 aliphatic rings. The predicted octanol–water partition coefficient (Wildman–Crippen LogP) is 4.65. The largest absolute Gasteiger partial charge is 0.391 e. The number of rotatable bonds is 8. The van der Waals surface area contributed by atoms with E-state index in [9.17, 15) is 5.11 Å². The third kappa shape index (κ3) is 5.73. The van der Waals surface area contributed by atoms with Crippen LogP contribution >= 0.6 is 0 Å². The highest BCUT2D eigenvalue weighted by Crippen LogP contribution is 2.35. The molecule has 20 heavy (non-hydrogen) atoms. The Bertz CT molecular complexity index is 248. The summed E-state index contributed by atoms with van der Waals surface area (Å²) in [5, 5.41) is 10.2. The highest BCUT2D eigenvalue weighted by Gasteiger charge is 2.31. The van der Waals surface area contributed by atoms with E-state index in [1.165, 1.54) is 19.3 Å². The maximum absolute atomic E-state index is 10.2. The Morgan fingerprint density at radius 3 is 2.35 bits per heavy atom. The first-order valence-corrected chi connectivity index (χ1v) is 8.77. The molecule has 0 amide bonds. The van der Waals surface area contributed by atoms with Gasteiger partial charge in [0.2, 0.25) is 0 Å². The van der Waals surface area contributed by atoms with Crippen LogP contribution in [0.25, 0.3) is 0 Å². The van der Waals surface area contributed by atoms with Crippen molar-refractivity contribution < 1.29 is 9.84 Å². The van der Waals surface area contributed by atoms with Crippen LogP contribution in [0.4, 0.5) is 0 Å². The van der Waals surface area contributed by atoms with Gasteiger partial charge in [-0.1, -0.05) is 53.9 Å². The third-order valence-corrected chi connectivity index (χ3v) is 5.22. The van der Waals surface area contributed by atoms with Gasteiger partial charge in [0.15, 0.2) is 0 Å². The van der Waals surface area contributed by atoms with Crippen LogP contribution in [0.2, 0.25) is 0 Å². The average molecular weight is 284 g/mol. The topological polar surface area (TPSA) is 29.5 Å². The monoisotopic (exact) mass is 284 g/mol. The second-order valence-electron chi connectivity index (χ2n) is 7.27. The number of ether oxygens (including phenoxy) is 1. The first-order valence-electron chi connectivity index (χ1n) is 8.77. The van der Waals surface area contributed by atoms with Crippen LogP contribution in [0.15, 0.2) is 0 Å². The molecule has 120 valence electrons. The van der Waals surface area contributed by atoms with E-state index < -0.39 is 0 Å². The Balaban J connectivity index is 2.40. The molecule has 2 heteroatoms. The summed E-state index contributed by atoms with van der Waals surface area (Å²) in [4.78, 5) is 0. The molecule has 0 radical (unpaired) electrons. The van der Waals surface area contributed by atoms with Crippen molar-refractivity contribution in [1.82, 2.24) is 0 Å². The summed E-state index contributed by atoms with van der Waals surface area (Å²) < 4.78 is 6.13. The molecular weight excluding hydrogens is 248 g/mol. The minimum absolute atomic E-state index is 0.287. The zero-order chi connectivity index (χ0) is 15.1. The van der Waals surface area contributed by atoms with Gasteiger partial charge in [0.25, 0.3) is 0 Å². The van der Waals surface area contributed by atoms with E-state index in [-0.39, 0.29) is 6.10 Å². The van der Waals surface area contributed by atoms with Crippen molar-refractivity contribution in [1.29, 1.82) is 0 Å². The van der Waals surface area contributed by atoms with Gasteiger partial charge >= 0.3 is 0 Å². The van der Waals surface area contributed by atoms with Crippen molar-refractivity contribution in [3.63, 3.8) is 0 Å². The molecule has 0 aromatic heterocycles. The molecule has 4 unspecified atom stereocenters. The molecular formula is C18H36O2. The van der Waals surface area contributed by atoms with Gasteiger partial charge in [0.05, 0.1) is 18.8 Å². The van der Waals surface area contributed by atoms with Crippen molar-refractivity contribution >= 4 is 0 Å².